The third kappa shape index (κ3) is 3.47. The van der Waals surface area contributed by atoms with E-state index in [1.165, 1.54) is 0 Å². The number of aryl methyl sites for hydroxylation is 1. The second-order valence-corrected chi connectivity index (χ2v) is 5.29. The van der Waals surface area contributed by atoms with E-state index in [0.29, 0.717) is 17.2 Å². The Labute approximate surface area is 114 Å². The SMILES string of the molecule is Cc1cc(N)ccc1C(=O)NC(C)C1CCOCC1. The quantitative estimate of drug-likeness (QED) is 0.820. The van der Waals surface area contributed by atoms with Gasteiger partial charge in [0.1, 0.15) is 0 Å². The first kappa shape index (κ1) is 13.9. The normalized spacial score (nSPS) is 18.0. The zero-order valence-electron chi connectivity index (χ0n) is 11.6. The molecule has 1 aromatic carbocycles. The van der Waals surface area contributed by atoms with Crippen molar-refractivity contribution in [2.75, 3.05) is 18.9 Å². The number of anilines is 1. The minimum absolute atomic E-state index is 0.0171. The van der Waals surface area contributed by atoms with Crippen molar-refractivity contribution in [1.29, 1.82) is 0 Å². The standard InChI is InChI=1S/C15H22N2O2/c1-10-9-13(16)3-4-14(10)15(18)17-11(2)12-5-7-19-8-6-12/h3-4,9,11-12H,5-8,16H2,1-2H3,(H,17,18). The van der Waals surface area contributed by atoms with E-state index in [-0.39, 0.29) is 11.9 Å². The molecule has 3 N–H and O–H groups in total. The molecule has 4 heteroatoms. The summed E-state index contributed by atoms with van der Waals surface area (Å²) >= 11 is 0. The summed E-state index contributed by atoms with van der Waals surface area (Å²) in [6.07, 6.45) is 2.03. The highest BCUT2D eigenvalue weighted by molar-refractivity contribution is 5.96. The van der Waals surface area contributed by atoms with Crippen LogP contribution in [-0.2, 0) is 4.74 Å². The average molecular weight is 262 g/mol. The first-order valence-electron chi connectivity index (χ1n) is 6.82. The Hall–Kier alpha value is -1.55. The smallest absolute Gasteiger partial charge is 0.251 e. The fourth-order valence-electron chi connectivity index (χ4n) is 2.56. The lowest BCUT2D eigenvalue weighted by molar-refractivity contribution is 0.0538. The second kappa shape index (κ2) is 6.06. The highest BCUT2D eigenvalue weighted by Crippen LogP contribution is 2.19. The molecule has 1 amide bonds. The number of carbonyl (C=O) groups excluding carboxylic acids is 1. The van der Waals surface area contributed by atoms with Crippen LogP contribution in [0.4, 0.5) is 5.69 Å². The van der Waals surface area contributed by atoms with E-state index in [2.05, 4.69) is 12.2 Å². The largest absolute Gasteiger partial charge is 0.399 e. The van der Waals surface area contributed by atoms with Gasteiger partial charge in [-0.1, -0.05) is 0 Å². The van der Waals surface area contributed by atoms with Crippen molar-refractivity contribution < 1.29 is 9.53 Å². The number of carbonyl (C=O) groups is 1. The summed E-state index contributed by atoms with van der Waals surface area (Å²) in [6.45, 7) is 5.57. The van der Waals surface area contributed by atoms with E-state index < -0.39 is 0 Å². The topological polar surface area (TPSA) is 64.4 Å². The van der Waals surface area contributed by atoms with Gasteiger partial charge in [0, 0.05) is 30.5 Å². The number of hydrogen-bond acceptors (Lipinski definition) is 3. The lowest BCUT2D eigenvalue weighted by atomic mass is 9.92. The summed E-state index contributed by atoms with van der Waals surface area (Å²) < 4.78 is 5.35. The molecule has 0 saturated carbocycles. The number of nitrogens with one attached hydrogen (secondary N) is 1. The van der Waals surface area contributed by atoms with Crippen LogP contribution >= 0.6 is 0 Å². The van der Waals surface area contributed by atoms with Gasteiger partial charge in [0.2, 0.25) is 0 Å². The highest BCUT2D eigenvalue weighted by atomic mass is 16.5. The fourth-order valence-corrected chi connectivity index (χ4v) is 2.56. The summed E-state index contributed by atoms with van der Waals surface area (Å²) in [5, 5.41) is 3.09. The van der Waals surface area contributed by atoms with Gasteiger partial charge in [-0.3, -0.25) is 4.79 Å². The molecule has 0 bridgehead atoms. The number of nitrogen functional groups attached to an aromatic ring is 1. The van der Waals surface area contributed by atoms with Gasteiger partial charge in [-0.25, -0.2) is 0 Å². The van der Waals surface area contributed by atoms with Crippen LogP contribution in [0.2, 0.25) is 0 Å². The fraction of sp³-hybridized carbons (Fsp3) is 0.533. The van der Waals surface area contributed by atoms with Crippen LogP contribution in [0.1, 0.15) is 35.7 Å². The van der Waals surface area contributed by atoms with Gasteiger partial charge in [-0.05, 0) is 56.4 Å². The van der Waals surface area contributed by atoms with E-state index >= 15 is 0 Å². The first-order chi connectivity index (χ1) is 9.08. The molecule has 1 saturated heterocycles. The minimum Gasteiger partial charge on any atom is -0.399 e. The molecule has 4 nitrogen and oxygen atoms in total. The molecule has 1 atom stereocenters. The Bertz CT molecular complexity index is 453. The van der Waals surface area contributed by atoms with Crippen LogP contribution < -0.4 is 11.1 Å². The van der Waals surface area contributed by atoms with Crippen molar-refractivity contribution in [3.63, 3.8) is 0 Å². The van der Waals surface area contributed by atoms with Gasteiger partial charge < -0.3 is 15.8 Å². The molecule has 0 spiro atoms. The molecule has 1 aliphatic heterocycles. The Morgan fingerprint density at radius 3 is 2.74 bits per heavy atom. The molecule has 1 fully saturated rings. The maximum absolute atomic E-state index is 12.2. The molecule has 0 aromatic heterocycles. The molecule has 0 aliphatic carbocycles. The second-order valence-electron chi connectivity index (χ2n) is 5.29. The Kier molecular flexibility index (Phi) is 4.43. The molecule has 1 heterocycles. The lowest BCUT2D eigenvalue weighted by Gasteiger charge is -2.28. The van der Waals surface area contributed by atoms with Crippen LogP contribution in [0.15, 0.2) is 18.2 Å². The highest BCUT2D eigenvalue weighted by Gasteiger charge is 2.22. The van der Waals surface area contributed by atoms with Gasteiger partial charge in [-0.2, -0.15) is 0 Å². The van der Waals surface area contributed by atoms with Crippen LogP contribution in [-0.4, -0.2) is 25.2 Å². The Morgan fingerprint density at radius 2 is 2.11 bits per heavy atom. The summed E-state index contributed by atoms with van der Waals surface area (Å²) in [6, 6.07) is 5.56. The van der Waals surface area contributed by atoms with E-state index in [4.69, 9.17) is 10.5 Å². The Morgan fingerprint density at radius 1 is 1.42 bits per heavy atom. The zero-order chi connectivity index (χ0) is 13.8. The number of rotatable bonds is 3. The van der Waals surface area contributed by atoms with Crippen LogP contribution in [0, 0.1) is 12.8 Å². The van der Waals surface area contributed by atoms with Crippen molar-refractivity contribution in [2.45, 2.75) is 32.7 Å². The summed E-state index contributed by atoms with van der Waals surface area (Å²) in [5.41, 5.74) is 8.00. The van der Waals surface area contributed by atoms with Crippen molar-refractivity contribution in [3.05, 3.63) is 29.3 Å². The predicted molar refractivity (Wildman–Crippen MR) is 76.1 cm³/mol. The number of ether oxygens (including phenoxy) is 1. The van der Waals surface area contributed by atoms with E-state index in [1.54, 1.807) is 12.1 Å². The maximum Gasteiger partial charge on any atom is 0.251 e. The zero-order valence-corrected chi connectivity index (χ0v) is 11.6. The van der Waals surface area contributed by atoms with Gasteiger partial charge in [0.15, 0.2) is 0 Å². The summed E-state index contributed by atoms with van der Waals surface area (Å²) in [5.74, 6) is 0.489. The summed E-state index contributed by atoms with van der Waals surface area (Å²) in [7, 11) is 0. The molecule has 1 aliphatic rings. The third-order valence-electron chi connectivity index (χ3n) is 3.83. The van der Waals surface area contributed by atoms with E-state index in [0.717, 1.165) is 31.6 Å². The number of benzene rings is 1. The predicted octanol–water partition coefficient (Wildman–Crippen LogP) is 2.12. The number of hydrogen-bond donors (Lipinski definition) is 2. The maximum atomic E-state index is 12.2. The van der Waals surface area contributed by atoms with Crippen LogP contribution in [0.25, 0.3) is 0 Å². The van der Waals surface area contributed by atoms with Gasteiger partial charge >= 0.3 is 0 Å². The number of amides is 1. The molecular weight excluding hydrogens is 240 g/mol. The van der Waals surface area contributed by atoms with Crippen LogP contribution in [0.5, 0.6) is 0 Å². The molecule has 104 valence electrons. The monoisotopic (exact) mass is 262 g/mol. The van der Waals surface area contributed by atoms with Gasteiger partial charge in [-0.15, -0.1) is 0 Å². The van der Waals surface area contributed by atoms with Crippen molar-refractivity contribution in [3.8, 4) is 0 Å². The third-order valence-corrected chi connectivity index (χ3v) is 3.83. The van der Waals surface area contributed by atoms with Crippen molar-refractivity contribution >= 4 is 11.6 Å². The Balaban J connectivity index is 1.99. The van der Waals surface area contributed by atoms with E-state index in [1.807, 2.05) is 13.0 Å². The first-order valence-corrected chi connectivity index (χ1v) is 6.82. The van der Waals surface area contributed by atoms with Gasteiger partial charge in [0.05, 0.1) is 0 Å². The molecule has 1 unspecified atom stereocenters. The van der Waals surface area contributed by atoms with Crippen molar-refractivity contribution in [2.24, 2.45) is 5.92 Å². The molecule has 2 rings (SSSR count). The van der Waals surface area contributed by atoms with E-state index in [9.17, 15) is 4.79 Å². The molecule has 0 radical (unpaired) electrons. The number of nitrogens with two attached hydrogens (primary N) is 1. The molecule has 1 aromatic rings. The average Bonchev–Trinajstić information content (AvgIpc) is 2.39. The molecule has 19 heavy (non-hydrogen) atoms. The summed E-state index contributed by atoms with van der Waals surface area (Å²) in [4.78, 5) is 12.2. The van der Waals surface area contributed by atoms with Gasteiger partial charge in [0.25, 0.3) is 5.91 Å². The minimum atomic E-state index is -0.0171. The van der Waals surface area contributed by atoms with Crippen LogP contribution in [0.3, 0.4) is 0 Å². The van der Waals surface area contributed by atoms with Crippen molar-refractivity contribution in [1.82, 2.24) is 5.32 Å². The lowest BCUT2D eigenvalue weighted by Crippen LogP contribution is -2.40. The molecular formula is C15H22N2O2.